The number of halogens is 1. The van der Waals surface area contributed by atoms with Crippen LogP contribution >= 0.6 is 22.6 Å². The van der Waals surface area contributed by atoms with E-state index in [1.165, 1.54) is 19.3 Å². The Kier molecular flexibility index (Phi) is 2.98. The van der Waals surface area contributed by atoms with Gasteiger partial charge >= 0.3 is 0 Å². The van der Waals surface area contributed by atoms with E-state index in [2.05, 4.69) is 29.5 Å². The van der Waals surface area contributed by atoms with Gasteiger partial charge in [0.2, 0.25) is 0 Å². The van der Waals surface area contributed by atoms with Crippen LogP contribution in [0.1, 0.15) is 32.6 Å². The van der Waals surface area contributed by atoms with E-state index in [-0.39, 0.29) is 5.60 Å². The zero-order valence-corrected chi connectivity index (χ0v) is 8.60. The largest absolute Gasteiger partial charge is 0.389 e. The Labute approximate surface area is 76.3 Å². The zero-order chi connectivity index (χ0) is 7.61. The van der Waals surface area contributed by atoms with Crippen LogP contribution in [0.25, 0.3) is 0 Å². The maximum absolute atomic E-state index is 9.94. The Morgan fingerprint density at radius 3 is 2.70 bits per heavy atom. The second kappa shape index (κ2) is 3.39. The summed E-state index contributed by atoms with van der Waals surface area (Å²) in [6.45, 7) is 2.16. The van der Waals surface area contributed by atoms with Crippen molar-refractivity contribution in [2.24, 2.45) is 5.92 Å². The van der Waals surface area contributed by atoms with Gasteiger partial charge in [0, 0.05) is 4.43 Å². The number of hydrogen-bond acceptors (Lipinski definition) is 1. The minimum Gasteiger partial charge on any atom is -0.389 e. The van der Waals surface area contributed by atoms with Crippen LogP contribution in [-0.2, 0) is 0 Å². The predicted molar refractivity (Wildman–Crippen MR) is 51.5 cm³/mol. The Morgan fingerprint density at radius 2 is 2.30 bits per heavy atom. The number of aliphatic hydroxyl groups is 1. The van der Waals surface area contributed by atoms with Crippen molar-refractivity contribution in [3.05, 3.63) is 0 Å². The lowest BCUT2D eigenvalue weighted by Gasteiger charge is -2.36. The monoisotopic (exact) mass is 254 g/mol. The Balaban J connectivity index is 2.54. The molecule has 10 heavy (non-hydrogen) atoms. The van der Waals surface area contributed by atoms with Crippen molar-refractivity contribution in [1.29, 1.82) is 0 Å². The van der Waals surface area contributed by atoms with Gasteiger partial charge in [-0.05, 0) is 18.8 Å². The molecule has 0 saturated heterocycles. The Bertz CT molecular complexity index is 116. The Morgan fingerprint density at radius 1 is 1.60 bits per heavy atom. The molecule has 0 spiro atoms. The topological polar surface area (TPSA) is 20.2 Å². The molecule has 1 aliphatic carbocycles. The van der Waals surface area contributed by atoms with Gasteiger partial charge in [-0.15, -0.1) is 0 Å². The molecule has 0 radical (unpaired) electrons. The first-order chi connectivity index (χ1) is 4.69. The number of alkyl halides is 1. The molecule has 0 aromatic carbocycles. The third kappa shape index (κ3) is 1.64. The summed E-state index contributed by atoms with van der Waals surface area (Å²) in [5.74, 6) is 0.512. The lowest BCUT2D eigenvalue weighted by atomic mass is 9.78. The van der Waals surface area contributed by atoms with Gasteiger partial charge in [0.05, 0.1) is 5.60 Å². The second-order valence-corrected chi connectivity index (χ2v) is 4.15. The summed E-state index contributed by atoms with van der Waals surface area (Å²) in [6.07, 6.45) is 4.74. The van der Waals surface area contributed by atoms with Crippen LogP contribution in [0.15, 0.2) is 0 Å². The minimum absolute atomic E-state index is 0.335. The average Bonchev–Trinajstić information content (AvgIpc) is 1.96. The van der Waals surface area contributed by atoms with Crippen molar-refractivity contribution < 1.29 is 5.11 Å². The molecule has 1 saturated carbocycles. The molecule has 1 nitrogen and oxygen atoms in total. The third-order valence-electron chi connectivity index (χ3n) is 2.65. The first kappa shape index (κ1) is 8.78. The molecule has 1 aliphatic rings. The smallest absolute Gasteiger partial charge is 0.0762 e. The van der Waals surface area contributed by atoms with Crippen LogP contribution in [0.5, 0.6) is 0 Å². The summed E-state index contributed by atoms with van der Waals surface area (Å²) in [5, 5.41) is 9.94. The lowest BCUT2D eigenvalue weighted by Crippen LogP contribution is -2.40. The molecule has 0 amide bonds. The van der Waals surface area contributed by atoms with Crippen molar-refractivity contribution in [2.75, 3.05) is 4.43 Å². The van der Waals surface area contributed by atoms with Crippen LogP contribution in [0.4, 0.5) is 0 Å². The highest BCUT2D eigenvalue weighted by molar-refractivity contribution is 14.1. The first-order valence-electron chi connectivity index (χ1n) is 3.97. The van der Waals surface area contributed by atoms with Gasteiger partial charge < -0.3 is 5.11 Å². The molecule has 0 aromatic heterocycles. The van der Waals surface area contributed by atoms with E-state index in [0.29, 0.717) is 5.92 Å². The molecule has 2 atom stereocenters. The van der Waals surface area contributed by atoms with E-state index in [9.17, 15) is 5.11 Å². The average molecular weight is 254 g/mol. The maximum Gasteiger partial charge on any atom is 0.0762 e. The standard InChI is InChI=1S/C8H15IO/c1-7-4-2-3-5-8(7,10)6-9/h7,10H,2-6H2,1H3/t7-,8-/m0/s1. The maximum atomic E-state index is 9.94. The highest BCUT2D eigenvalue weighted by Crippen LogP contribution is 2.34. The van der Waals surface area contributed by atoms with Crippen molar-refractivity contribution in [3.8, 4) is 0 Å². The molecule has 60 valence electrons. The quantitative estimate of drug-likeness (QED) is 0.562. The Hall–Kier alpha value is 0.690. The van der Waals surface area contributed by atoms with Crippen LogP contribution in [0, 0.1) is 5.92 Å². The van der Waals surface area contributed by atoms with E-state index in [0.717, 1.165) is 10.8 Å². The van der Waals surface area contributed by atoms with E-state index in [1.54, 1.807) is 0 Å². The second-order valence-electron chi connectivity index (χ2n) is 3.38. The fourth-order valence-corrected chi connectivity index (χ4v) is 2.73. The van der Waals surface area contributed by atoms with Crippen molar-refractivity contribution >= 4 is 22.6 Å². The highest BCUT2D eigenvalue weighted by Gasteiger charge is 2.34. The molecule has 0 bridgehead atoms. The molecule has 1 fully saturated rings. The summed E-state index contributed by atoms with van der Waals surface area (Å²) in [4.78, 5) is 0. The fourth-order valence-electron chi connectivity index (χ4n) is 1.60. The van der Waals surface area contributed by atoms with E-state index in [4.69, 9.17) is 0 Å². The van der Waals surface area contributed by atoms with Gasteiger partial charge in [0.1, 0.15) is 0 Å². The van der Waals surface area contributed by atoms with Crippen molar-refractivity contribution in [1.82, 2.24) is 0 Å². The van der Waals surface area contributed by atoms with Gasteiger partial charge in [0.25, 0.3) is 0 Å². The summed E-state index contributed by atoms with van der Waals surface area (Å²) in [5.41, 5.74) is -0.335. The summed E-state index contributed by atoms with van der Waals surface area (Å²) >= 11 is 2.29. The van der Waals surface area contributed by atoms with E-state index in [1.807, 2.05) is 0 Å². The summed E-state index contributed by atoms with van der Waals surface area (Å²) < 4.78 is 0.895. The summed E-state index contributed by atoms with van der Waals surface area (Å²) in [7, 11) is 0. The molecule has 1 N–H and O–H groups in total. The first-order valence-corrected chi connectivity index (χ1v) is 5.50. The molecule has 0 unspecified atom stereocenters. The van der Waals surface area contributed by atoms with Gasteiger partial charge in [-0.3, -0.25) is 0 Å². The van der Waals surface area contributed by atoms with Crippen molar-refractivity contribution in [3.63, 3.8) is 0 Å². The van der Waals surface area contributed by atoms with E-state index < -0.39 is 0 Å². The van der Waals surface area contributed by atoms with Gasteiger partial charge in [-0.25, -0.2) is 0 Å². The van der Waals surface area contributed by atoms with Gasteiger partial charge in [0.15, 0.2) is 0 Å². The summed E-state index contributed by atoms with van der Waals surface area (Å²) in [6, 6.07) is 0. The molecule has 1 rings (SSSR count). The number of hydrogen-bond donors (Lipinski definition) is 1. The van der Waals surface area contributed by atoms with Crippen molar-refractivity contribution in [2.45, 2.75) is 38.2 Å². The highest BCUT2D eigenvalue weighted by atomic mass is 127. The molecule has 2 heteroatoms. The molecular formula is C8H15IO. The molecule has 0 aliphatic heterocycles. The van der Waals surface area contributed by atoms with Crippen LogP contribution in [0.2, 0.25) is 0 Å². The van der Waals surface area contributed by atoms with Crippen LogP contribution < -0.4 is 0 Å². The minimum atomic E-state index is -0.335. The normalized spacial score (nSPS) is 41.7. The molecule has 0 aromatic rings. The molecule has 0 heterocycles. The van der Waals surface area contributed by atoms with Gasteiger partial charge in [-0.2, -0.15) is 0 Å². The SMILES string of the molecule is C[C@H]1CCCC[C@]1(O)CI. The van der Waals surface area contributed by atoms with Crippen LogP contribution in [-0.4, -0.2) is 15.1 Å². The van der Waals surface area contributed by atoms with E-state index >= 15 is 0 Å². The lowest BCUT2D eigenvalue weighted by molar-refractivity contribution is -0.0167. The zero-order valence-electron chi connectivity index (χ0n) is 6.44. The number of rotatable bonds is 1. The fraction of sp³-hybridized carbons (Fsp3) is 1.00. The molecular weight excluding hydrogens is 239 g/mol. The van der Waals surface area contributed by atoms with Gasteiger partial charge in [-0.1, -0.05) is 42.4 Å². The van der Waals surface area contributed by atoms with Crippen LogP contribution in [0.3, 0.4) is 0 Å². The third-order valence-corrected chi connectivity index (χ3v) is 3.97. The predicted octanol–water partition coefficient (Wildman–Crippen LogP) is 2.36.